The Morgan fingerprint density at radius 3 is 2.33 bits per heavy atom. The van der Waals surface area contributed by atoms with Crippen LogP contribution in [0.2, 0.25) is 0 Å². The summed E-state index contributed by atoms with van der Waals surface area (Å²) in [5, 5.41) is 10.8. The van der Waals surface area contributed by atoms with Crippen molar-refractivity contribution in [2.24, 2.45) is 0 Å². The van der Waals surface area contributed by atoms with E-state index < -0.39 is 14.9 Å². The van der Waals surface area contributed by atoms with Crippen molar-refractivity contribution in [3.8, 4) is 5.75 Å². The molecule has 1 amide bonds. The maximum Gasteiger partial charge on any atom is 0.363 e. The number of anilines is 1. The Morgan fingerprint density at radius 1 is 1.17 bits per heavy atom. The molecule has 1 aromatic carbocycles. The quantitative estimate of drug-likeness (QED) is 0.259. The molecule has 0 saturated carbocycles. The van der Waals surface area contributed by atoms with Crippen molar-refractivity contribution in [2.45, 2.75) is 18.7 Å². The summed E-state index contributed by atoms with van der Waals surface area (Å²) in [6.07, 6.45) is 1.46. The van der Waals surface area contributed by atoms with E-state index in [2.05, 4.69) is 4.98 Å². The van der Waals surface area contributed by atoms with Crippen LogP contribution in [-0.2, 0) is 19.6 Å². The second-order valence-electron chi connectivity index (χ2n) is 8.47. The molecule has 0 radical (unpaired) electrons. The van der Waals surface area contributed by atoms with Gasteiger partial charge in [0.1, 0.15) is 12.4 Å². The predicted octanol–water partition coefficient (Wildman–Crippen LogP) is 1.60. The number of pyridine rings is 1. The number of piperazine rings is 1. The average Bonchev–Trinajstić information content (AvgIpc) is 2.85. The number of nitro groups is 1. The van der Waals surface area contributed by atoms with Crippen LogP contribution in [0.1, 0.15) is 11.1 Å². The lowest BCUT2D eigenvalue weighted by molar-refractivity contribution is -0.389. The molecule has 1 aliphatic rings. The van der Waals surface area contributed by atoms with E-state index in [0.29, 0.717) is 43.1 Å². The van der Waals surface area contributed by atoms with Gasteiger partial charge in [0.05, 0.1) is 24.3 Å². The normalized spacial score (nSPS) is 14.2. The van der Waals surface area contributed by atoms with Gasteiger partial charge in [0.25, 0.3) is 0 Å². The summed E-state index contributed by atoms with van der Waals surface area (Å²) in [6.45, 7) is 5.55. The van der Waals surface area contributed by atoms with Crippen LogP contribution in [0.5, 0.6) is 5.75 Å². The summed E-state index contributed by atoms with van der Waals surface area (Å²) in [4.78, 5) is 30.5. The van der Waals surface area contributed by atoms with Crippen molar-refractivity contribution < 1.29 is 27.6 Å². The summed E-state index contributed by atoms with van der Waals surface area (Å²) in [7, 11) is -0.719. The van der Waals surface area contributed by atoms with E-state index >= 15 is 0 Å². The number of hydrogen-bond donors (Lipinski definition) is 0. The Labute approximate surface area is 210 Å². The standard InChI is InChI=1S/C23H31N5O7S/c1-17-13-20(34-4)14-18(2)23(17)36(32,33)25(3)11-12-35-16-22(29)27-9-7-26(8-10-27)19-5-6-21(24-15-19)28(30)31/h5-6,13-15H,7-12,16H2,1-4H3. The SMILES string of the molecule is COc1cc(C)c(S(=O)(=O)N(C)CCOCC(=O)N2CCN(c3ccc([N+](=O)[O-])nc3)CC2)c(C)c1. The number of aryl methyl sites for hydroxylation is 2. The van der Waals surface area contributed by atoms with Gasteiger partial charge in [0, 0.05) is 45.8 Å². The van der Waals surface area contributed by atoms with Gasteiger partial charge in [0.2, 0.25) is 15.9 Å². The van der Waals surface area contributed by atoms with Crippen LogP contribution in [0.3, 0.4) is 0 Å². The van der Waals surface area contributed by atoms with Crippen LogP contribution < -0.4 is 9.64 Å². The van der Waals surface area contributed by atoms with E-state index in [0.717, 1.165) is 5.69 Å². The Hall–Kier alpha value is -3.29. The number of ether oxygens (including phenoxy) is 2. The molecule has 0 bridgehead atoms. The molecule has 196 valence electrons. The van der Waals surface area contributed by atoms with E-state index in [-0.39, 0.29) is 36.4 Å². The van der Waals surface area contributed by atoms with Crippen LogP contribution in [0.25, 0.3) is 0 Å². The van der Waals surface area contributed by atoms with Gasteiger partial charge in [-0.25, -0.2) is 8.42 Å². The number of carbonyl (C=O) groups is 1. The second-order valence-corrected chi connectivity index (χ2v) is 10.5. The molecular weight excluding hydrogens is 490 g/mol. The third kappa shape index (κ3) is 6.28. The van der Waals surface area contributed by atoms with Gasteiger partial charge < -0.3 is 29.4 Å². The summed E-state index contributed by atoms with van der Waals surface area (Å²) >= 11 is 0. The van der Waals surface area contributed by atoms with Crippen molar-refractivity contribution in [1.82, 2.24) is 14.2 Å². The molecule has 1 saturated heterocycles. The van der Waals surface area contributed by atoms with E-state index in [1.54, 1.807) is 36.9 Å². The first-order valence-corrected chi connectivity index (χ1v) is 12.8. The van der Waals surface area contributed by atoms with Crippen LogP contribution >= 0.6 is 0 Å². The maximum absolute atomic E-state index is 13.1. The Bertz CT molecular complexity index is 1170. The molecule has 13 heteroatoms. The number of rotatable bonds is 10. The van der Waals surface area contributed by atoms with Gasteiger partial charge in [-0.15, -0.1) is 0 Å². The van der Waals surface area contributed by atoms with Crippen LogP contribution in [-0.4, -0.2) is 93.5 Å². The summed E-state index contributed by atoms with van der Waals surface area (Å²) < 4.78 is 38.0. The highest BCUT2D eigenvalue weighted by Gasteiger charge is 2.26. The molecule has 0 aliphatic carbocycles. The van der Waals surface area contributed by atoms with Gasteiger partial charge in [-0.1, -0.05) is 0 Å². The van der Waals surface area contributed by atoms with Crippen molar-refractivity contribution in [2.75, 3.05) is 65.0 Å². The number of methoxy groups -OCH3 is 1. The van der Waals surface area contributed by atoms with Gasteiger partial charge in [-0.2, -0.15) is 4.31 Å². The fourth-order valence-corrected chi connectivity index (χ4v) is 5.60. The summed E-state index contributed by atoms with van der Waals surface area (Å²) in [6, 6.07) is 6.36. The smallest absolute Gasteiger partial charge is 0.363 e. The van der Waals surface area contributed by atoms with Gasteiger partial charge >= 0.3 is 5.82 Å². The first-order chi connectivity index (χ1) is 17.0. The molecule has 12 nitrogen and oxygen atoms in total. The molecule has 0 spiro atoms. The Morgan fingerprint density at radius 2 is 1.81 bits per heavy atom. The van der Waals surface area contributed by atoms with Gasteiger partial charge in [-0.3, -0.25) is 4.79 Å². The monoisotopic (exact) mass is 521 g/mol. The highest BCUT2D eigenvalue weighted by Crippen LogP contribution is 2.27. The summed E-state index contributed by atoms with van der Waals surface area (Å²) in [5.41, 5.74) is 1.95. The van der Waals surface area contributed by atoms with Crippen molar-refractivity contribution in [1.29, 1.82) is 0 Å². The molecule has 3 rings (SSSR count). The van der Waals surface area contributed by atoms with Gasteiger partial charge in [-0.05, 0) is 53.1 Å². The molecule has 1 aliphatic heterocycles. The number of sulfonamides is 1. The van der Waals surface area contributed by atoms with Crippen molar-refractivity contribution in [3.05, 3.63) is 51.7 Å². The fraction of sp³-hybridized carbons (Fsp3) is 0.478. The zero-order chi connectivity index (χ0) is 26.5. The lowest BCUT2D eigenvalue weighted by Crippen LogP contribution is -2.49. The lowest BCUT2D eigenvalue weighted by Gasteiger charge is -2.35. The van der Waals surface area contributed by atoms with E-state index in [1.807, 2.05) is 4.90 Å². The number of benzene rings is 1. The van der Waals surface area contributed by atoms with Crippen molar-refractivity contribution >= 4 is 27.4 Å². The Kier molecular flexibility index (Phi) is 8.82. The van der Waals surface area contributed by atoms with E-state index in [1.165, 1.54) is 30.7 Å². The minimum absolute atomic E-state index is 0.0736. The van der Waals surface area contributed by atoms with Crippen LogP contribution in [0.15, 0.2) is 35.4 Å². The number of amides is 1. The first kappa shape index (κ1) is 27.3. The predicted molar refractivity (Wildman–Crippen MR) is 133 cm³/mol. The molecular formula is C23H31N5O7S. The highest BCUT2D eigenvalue weighted by atomic mass is 32.2. The molecule has 0 N–H and O–H groups in total. The zero-order valence-electron chi connectivity index (χ0n) is 20.8. The molecule has 2 heterocycles. The zero-order valence-corrected chi connectivity index (χ0v) is 21.7. The summed E-state index contributed by atoms with van der Waals surface area (Å²) in [5.74, 6) is 0.208. The van der Waals surface area contributed by atoms with E-state index in [9.17, 15) is 23.3 Å². The Balaban J connectivity index is 1.45. The topological polar surface area (TPSA) is 135 Å². The molecule has 1 aromatic heterocycles. The average molecular weight is 522 g/mol. The molecule has 1 fully saturated rings. The second kappa shape index (κ2) is 11.6. The molecule has 36 heavy (non-hydrogen) atoms. The van der Waals surface area contributed by atoms with Crippen LogP contribution in [0.4, 0.5) is 11.5 Å². The fourth-order valence-electron chi connectivity index (χ4n) is 4.04. The largest absolute Gasteiger partial charge is 0.497 e. The van der Waals surface area contributed by atoms with Crippen LogP contribution in [0, 0.1) is 24.0 Å². The first-order valence-electron chi connectivity index (χ1n) is 11.4. The minimum atomic E-state index is -3.73. The maximum atomic E-state index is 13.1. The molecule has 0 atom stereocenters. The van der Waals surface area contributed by atoms with Crippen molar-refractivity contribution in [3.63, 3.8) is 0 Å². The lowest BCUT2D eigenvalue weighted by atomic mass is 10.1. The number of carbonyl (C=O) groups excluding carboxylic acids is 1. The third-order valence-electron chi connectivity index (χ3n) is 6.03. The number of aromatic nitrogens is 1. The minimum Gasteiger partial charge on any atom is -0.497 e. The number of hydrogen-bond acceptors (Lipinski definition) is 9. The van der Waals surface area contributed by atoms with Gasteiger partial charge in [0.15, 0.2) is 6.20 Å². The highest BCUT2D eigenvalue weighted by molar-refractivity contribution is 7.89. The molecule has 0 unspecified atom stereocenters. The van der Waals surface area contributed by atoms with E-state index in [4.69, 9.17) is 9.47 Å². The molecule has 2 aromatic rings. The third-order valence-corrected chi connectivity index (χ3v) is 8.19. The number of nitrogens with zero attached hydrogens (tertiary/aromatic N) is 5. The number of likely N-dealkylation sites (N-methyl/N-ethyl adjacent to an activating group) is 1.